The Bertz CT molecular complexity index is 882. The maximum absolute atomic E-state index is 12.7. The van der Waals surface area contributed by atoms with E-state index < -0.39 is 30.6 Å². The molecule has 2 rings (SSSR count). The van der Waals surface area contributed by atoms with E-state index in [1.807, 2.05) is 13.8 Å². The summed E-state index contributed by atoms with van der Waals surface area (Å²) >= 11 is 0. The summed E-state index contributed by atoms with van der Waals surface area (Å²) in [5.41, 5.74) is 7.19. The van der Waals surface area contributed by atoms with Gasteiger partial charge in [-0.15, -0.1) is 0 Å². The van der Waals surface area contributed by atoms with E-state index in [1.54, 1.807) is 5.32 Å². The third-order valence-corrected chi connectivity index (χ3v) is 6.73. The molecule has 1 atom stereocenters. The minimum absolute atomic E-state index is 0.103. The van der Waals surface area contributed by atoms with E-state index in [0.29, 0.717) is 24.4 Å². The molecule has 1 aliphatic carbocycles. The van der Waals surface area contributed by atoms with Crippen molar-refractivity contribution < 1.29 is 28.2 Å². The van der Waals surface area contributed by atoms with Crippen molar-refractivity contribution in [3.63, 3.8) is 0 Å². The number of phenolic OH excluding ortho intramolecular Hbond substituents is 2. The standard InChI is InChI=1S/C24H38F3N5O3/c1-5-31(6-2)15-7-9-16(10-8-15)32(22(29)23(35)30-13-24(25,26)27)21(28)18-11-17(14(3)4)19(33)12-20(18)34/h11-12,14-16,21,29,33-34H,5-10,13,28H2,1-4H3,(H,30,35). The van der Waals surface area contributed by atoms with Gasteiger partial charge in [0.2, 0.25) is 0 Å². The molecule has 1 amide bonds. The van der Waals surface area contributed by atoms with Gasteiger partial charge in [-0.2, -0.15) is 13.2 Å². The van der Waals surface area contributed by atoms with Crippen LogP contribution < -0.4 is 11.1 Å². The van der Waals surface area contributed by atoms with Crippen molar-refractivity contribution in [3.05, 3.63) is 23.3 Å². The Morgan fingerprint density at radius 2 is 1.60 bits per heavy atom. The Labute approximate surface area is 204 Å². The van der Waals surface area contributed by atoms with E-state index in [9.17, 15) is 28.2 Å². The minimum Gasteiger partial charge on any atom is -0.508 e. The van der Waals surface area contributed by atoms with Crippen molar-refractivity contribution in [2.24, 2.45) is 5.73 Å². The number of nitrogens with one attached hydrogen (secondary N) is 2. The van der Waals surface area contributed by atoms with Crippen molar-refractivity contribution in [1.29, 1.82) is 5.41 Å². The van der Waals surface area contributed by atoms with Crippen LogP contribution in [0.2, 0.25) is 0 Å². The fraction of sp³-hybridized carbons (Fsp3) is 0.667. The number of rotatable bonds is 8. The first-order chi connectivity index (χ1) is 16.3. The third-order valence-electron chi connectivity index (χ3n) is 6.73. The fourth-order valence-electron chi connectivity index (χ4n) is 4.83. The molecule has 1 aromatic carbocycles. The maximum atomic E-state index is 12.7. The van der Waals surface area contributed by atoms with Crippen LogP contribution in [0, 0.1) is 5.41 Å². The topological polar surface area (TPSA) is 126 Å². The van der Waals surface area contributed by atoms with Gasteiger partial charge in [0, 0.05) is 23.7 Å². The van der Waals surface area contributed by atoms with Crippen LogP contribution in [-0.4, -0.2) is 69.6 Å². The van der Waals surface area contributed by atoms with Gasteiger partial charge in [-0.1, -0.05) is 27.7 Å². The summed E-state index contributed by atoms with van der Waals surface area (Å²) in [6, 6.07) is 2.64. The van der Waals surface area contributed by atoms with Gasteiger partial charge in [-0.05, 0) is 56.3 Å². The number of nitrogens with two attached hydrogens (primary N) is 1. The molecule has 0 spiro atoms. The normalized spacial score (nSPS) is 19.6. The number of alkyl halides is 3. The van der Waals surface area contributed by atoms with Crippen LogP contribution in [0.5, 0.6) is 11.5 Å². The molecule has 1 aromatic rings. The van der Waals surface area contributed by atoms with E-state index >= 15 is 0 Å². The summed E-state index contributed by atoms with van der Waals surface area (Å²) < 4.78 is 38.0. The van der Waals surface area contributed by atoms with E-state index in [4.69, 9.17) is 11.1 Å². The second-order valence-electron chi connectivity index (χ2n) is 9.31. The molecule has 1 fully saturated rings. The quantitative estimate of drug-likeness (QED) is 0.210. The number of carbonyl (C=O) groups is 1. The molecule has 11 heteroatoms. The van der Waals surface area contributed by atoms with Crippen molar-refractivity contribution in [1.82, 2.24) is 15.1 Å². The summed E-state index contributed by atoms with van der Waals surface area (Å²) in [7, 11) is 0. The number of aromatic hydroxyl groups is 2. The molecule has 8 nitrogen and oxygen atoms in total. The van der Waals surface area contributed by atoms with Crippen molar-refractivity contribution in [2.75, 3.05) is 19.6 Å². The van der Waals surface area contributed by atoms with Gasteiger partial charge >= 0.3 is 6.18 Å². The molecule has 0 bridgehead atoms. The van der Waals surface area contributed by atoms with E-state index in [-0.39, 0.29) is 29.0 Å². The monoisotopic (exact) mass is 501 g/mol. The molecule has 198 valence electrons. The highest BCUT2D eigenvalue weighted by molar-refractivity contribution is 6.36. The highest BCUT2D eigenvalue weighted by atomic mass is 19.4. The first kappa shape index (κ1) is 28.7. The third kappa shape index (κ3) is 7.23. The molecule has 0 radical (unpaired) electrons. The first-order valence-corrected chi connectivity index (χ1v) is 12.1. The van der Waals surface area contributed by atoms with Crippen LogP contribution >= 0.6 is 0 Å². The lowest BCUT2D eigenvalue weighted by Gasteiger charge is -2.43. The lowest BCUT2D eigenvalue weighted by atomic mass is 9.88. The number of halogens is 3. The Morgan fingerprint density at radius 3 is 2.09 bits per heavy atom. The summed E-state index contributed by atoms with van der Waals surface area (Å²) in [4.78, 5) is 16.2. The van der Waals surface area contributed by atoms with Crippen molar-refractivity contribution in [2.45, 2.75) is 83.7 Å². The van der Waals surface area contributed by atoms with Gasteiger partial charge in [0.1, 0.15) is 24.2 Å². The first-order valence-electron chi connectivity index (χ1n) is 12.1. The van der Waals surface area contributed by atoms with Crippen LogP contribution in [0.3, 0.4) is 0 Å². The molecular formula is C24H38F3N5O3. The molecule has 6 N–H and O–H groups in total. The molecule has 0 saturated heterocycles. The fourth-order valence-corrected chi connectivity index (χ4v) is 4.83. The highest BCUT2D eigenvalue weighted by Crippen LogP contribution is 2.38. The maximum Gasteiger partial charge on any atom is 0.405 e. The zero-order chi connectivity index (χ0) is 26.5. The summed E-state index contributed by atoms with van der Waals surface area (Å²) in [5, 5.41) is 30.9. The van der Waals surface area contributed by atoms with Crippen LogP contribution in [0.4, 0.5) is 13.2 Å². The van der Waals surface area contributed by atoms with E-state index in [2.05, 4.69) is 18.7 Å². The molecule has 1 aliphatic rings. The van der Waals surface area contributed by atoms with Crippen LogP contribution in [0.15, 0.2) is 12.1 Å². The van der Waals surface area contributed by atoms with Crippen LogP contribution in [0.25, 0.3) is 0 Å². The molecule has 35 heavy (non-hydrogen) atoms. The van der Waals surface area contributed by atoms with Crippen LogP contribution in [0.1, 0.15) is 76.6 Å². The van der Waals surface area contributed by atoms with E-state index in [1.165, 1.54) is 11.0 Å². The van der Waals surface area contributed by atoms with Gasteiger partial charge in [0.15, 0.2) is 5.84 Å². The van der Waals surface area contributed by atoms with Crippen molar-refractivity contribution in [3.8, 4) is 11.5 Å². The largest absolute Gasteiger partial charge is 0.508 e. The second kappa shape index (κ2) is 11.9. The number of benzene rings is 1. The second-order valence-corrected chi connectivity index (χ2v) is 9.31. The average molecular weight is 502 g/mol. The SMILES string of the molecule is CCN(CC)C1CCC(N(C(=N)C(=O)NCC(F)(F)F)C(N)c2cc(C(C)C)c(O)cc2O)CC1. The average Bonchev–Trinajstić information content (AvgIpc) is 2.78. The van der Waals surface area contributed by atoms with Gasteiger partial charge in [0.25, 0.3) is 5.91 Å². The Morgan fingerprint density at radius 1 is 1.09 bits per heavy atom. The number of phenols is 2. The number of hydrogen-bond acceptors (Lipinski definition) is 6. The number of amidine groups is 1. The van der Waals surface area contributed by atoms with Gasteiger partial charge in [-0.25, -0.2) is 0 Å². The number of amides is 1. The molecule has 0 heterocycles. The Kier molecular flexibility index (Phi) is 9.79. The predicted octanol–water partition coefficient (Wildman–Crippen LogP) is 3.79. The molecule has 0 aliphatic heterocycles. The van der Waals surface area contributed by atoms with Gasteiger partial charge < -0.3 is 31.1 Å². The van der Waals surface area contributed by atoms with Crippen LogP contribution in [-0.2, 0) is 4.79 Å². The molecule has 1 saturated carbocycles. The number of nitrogens with zero attached hydrogens (tertiary/aromatic N) is 2. The van der Waals surface area contributed by atoms with Crippen molar-refractivity contribution >= 4 is 11.7 Å². The zero-order valence-electron chi connectivity index (χ0n) is 20.8. The number of hydrogen-bond donors (Lipinski definition) is 5. The molecule has 1 unspecified atom stereocenters. The highest BCUT2D eigenvalue weighted by Gasteiger charge is 2.37. The zero-order valence-corrected chi connectivity index (χ0v) is 20.8. The lowest BCUT2D eigenvalue weighted by molar-refractivity contribution is -0.135. The molecule has 0 aromatic heterocycles. The number of carbonyl (C=O) groups excluding carboxylic acids is 1. The minimum atomic E-state index is -4.62. The van der Waals surface area contributed by atoms with Gasteiger partial charge in [0.05, 0.1) is 0 Å². The molecular weight excluding hydrogens is 463 g/mol. The summed E-state index contributed by atoms with van der Waals surface area (Å²) in [5.74, 6) is -2.41. The lowest BCUT2D eigenvalue weighted by Crippen LogP contribution is -2.54. The summed E-state index contributed by atoms with van der Waals surface area (Å²) in [6.45, 7) is 8.08. The van der Waals surface area contributed by atoms with Gasteiger partial charge in [-0.3, -0.25) is 10.2 Å². The summed E-state index contributed by atoms with van der Waals surface area (Å²) in [6.07, 6.45) is -3.06. The Hall–Kier alpha value is -2.53. The smallest absolute Gasteiger partial charge is 0.405 e. The Balaban J connectivity index is 2.38. The van der Waals surface area contributed by atoms with E-state index in [0.717, 1.165) is 32.0 Å². The predicted molar refractivity (Wildman–Crippen MR) is 128 cm³/mol.